The summed E-state index contributed by atoms with van der Waals surface area (Å²) >= 11 is 0. The molecule has 0 saturated heterocycles. The largest absolute Gasteiger partial charge is 0.495 e. The van der Waals surface area contributed by atoms with Crippen molar-refractivity contribution in [2.24, 2.45) is 0 Å². The third kappa shape index (κ3) is 3.20. The van der Waals surface area contributed by atoms with Crippen molar-refractivity contribution in [2.45, 2.75) is 25.1 Å². The standard InChI is InChI=1S/C18H16F3NO4/c1-17(24,18(19,20)21)9-16(23)22-12-8-14-11(7-15(12)25-2)10-5-3-4-6-13(10)26-14/h3-8,24H,9H2,1-2H3,(H,22,23)/t17-/m1/s1. The molecule has 8 heteroatoms. The van der Waals surface area contributed by atoms with Crippen LogP contribution in [-0.2, 0) is 4.79 Å². The maximum absolute atomic E-state index is 12.7. The second kappa shape index (κ2) is 6.21. The number of fused-ring (bicyclic) bond motifs is 3. The third-order valence-electron chi connectivity index (χ3n) is 4.09. The number of hydrogen-bond acceptors (Lipinski definition) is 4. The molecule has 0 unspecified atom stereocenters. The molecule has 0 aliphatic rings. The van der Waals surface area contributed by atoms with Crippen LogP contribution >= 0.6 is 0 Å². The quantitative estimate of drug-likeness (QED) is 0.724. The van der Waals surface area contributed by atoms with Crippen LogP contribution in [0.15, 0.2) is 40.8 Å². The molecule has 2 aromatic carbocycles. The molecule has 0 aliphatic carbocycles. The predicted molar refractivity (Wildman–Crippen MR) is 90.2 cm³/mol. The number of benzene rings is 2. The van der Waals surface area contributed by atoms with Crippen molar-refractivity contribution in [3.63, 3.8) is 0 Å². The molecular weight excluding hydrogens is 351 g/mol. The molecule has 0 fully saturated rings. The Balaban J connectivity index is 1.94. The number of aliphatic hydroxyl groups is 1. The first-order valence-corrected chi connectivity index (χ1v) is 7.70. The molecule has 2 N–H and O–H groups in total. The number of alkyl halides is 3. The Kier molecular flexibility index (Phi) is 4.31. The second-order valence-electron chi connectivity index (χ2n) is 6.14. The molecule has 3 rings (SSSR count). The van der Waals surface area contributed by atoms with E-state index in [9.17, 15) is 23.1 Å². The molecule has 0 saturated carbocycles. The van der Waals surface area contributed by atoms with E-state index in [0.717, 1.165) is 10.8 Å². The number of hydrogen-bond donors (Lipinski definition) is 2. The molecule has 1 amide bonds. The summed E-state index contributed by atoms with van der Waals surface area (Å²) in [6.07, 6.45) is -6.06. The maximum atomic E-state index is 12.7. The lowest BCUT2D eigenvalue weighted by Crippen LogP contribution is -2.44. The zero-order valence-electron chi connectivity index (χ0n) is 14.0. The number of rotatable bonds is 4. The van der Waals surface area contributed by atoms with E-state index in [4.69, 9.17) is 9.15 Å². The van der Waals surface area contributed by atoms with E-state index in [-0.39, 0.29) is 11.4 Å². The highest BCUT2D eigenvalue weighted by Crippen LogP contribution is 2.37. The summed E-state index contributed by atoms with van der Waals surface area (Å²) in [5, 5.41) is 13.4. The third-order valence-corrected chi connectivity index (χ3v) is 4.09. The van der Waals surface area contributed by atoms with Gasteiger partial charge in [0, 0.05) is 16.8 Å². The first-order valence-electron chi connectivity index (χ1n) is 7.70. The molecule has 3 aromatic rings. The Morgan fingerprint density at radius 1 is 1.19 bits per heavy atom. The van der Waals surface area contributed by atoms with Crippen LogP contribution in [0.3, 0.4) is 0 Å². The van der Waals surface area contributed by atoms with Gasteiger partial charge in [-0.2, -0.15) is 13.2 Å². The van der Waals surface area contributed by atoms with Gasteiger partial charge in [-0.25, -0.2) is 0 Å². The summed E-state index contributed by atoms with van der Waals surface area (Å²) in [6.45, 7) is 0.548. The fourth-order valence-electron chi connectivity index (χ4n) is 2.63. The van der Waals surface area contributed by atoms with E-state index in [1.54, 1.807) is 12.1 Å². The SMILES string of the molecule is COc1cc2c(cc1NC(=O)C[C@@](C)(O)C(F)(F)F)oc1ccccc12. The monoisotopic (exact) mass is 367 g/mol. The van der Waals surface area contributed by atoms with Crippen LogP contribution in [0.25, 0.3) is 21.9 Å². The second-order valence-corrected chi connectivity index (χ2v) is 6.14. The number of amides is 1. The summed E-state index contributed by atoms with van der Waals surface area (Å²) in [5.41, 5.74) is -1.90. The Morgan fingerprint density at radius 2 is 1.88 bits per heavy atom. The predicted octanol–water partition coefficient (Wildman–Crippen LogP) is 4.24. The molecule has 1 atom stereocenters. The van der Waals surface area contributed by atoms with Gasteiger partial charge in [-0.1, -0.05) is 18.2 Å². The van der Waals surface area contributed by atoms with Crippen molar-refractivity contribution >= 4 is 33.5 Å². The van der Waals surface area contributed by atoms with Crippen LogP contribution in [0.5, 0.6) is 5.75 Å². The number of methoxy groups -OCH3 is 1. The Morgan fingerprint density at radius 3 is 2.54 bits per heavy atom. The molecule has 5 nitrogen and oxygen atoms in total. The molecule has 138 valence electrons. The Bertz CT molecular complexity index is 976. The first kappa shape index (κ1) is 18.1. The van der Waals surface area contributed by atoms with Crippen molar-refractivity contribution in [3.8, 4) is 5.75 Å². The maximum Gasteiger partial charge on any atom is 0.417 e. The highest BCUT2D eigenvalue weighted by atomic mass is 19.4. The highest BCUT2D eigenvalue weighted by Gasteiger charge is 2.51. The minimum absolute atomic E-state index is 0.155. The van der Waals surface area contributed by atoms with Crippen LogP contribution in [0.2, 0.25) is 0 Å². The zero-order valence-corrected chi connectivity index (χ0v) is 14.0. The number of furan rings is 1. The van der Waals surface area contributed by atoms with Crippen LogP contribution in [0, 0.1) is 0 Å². The fraction of sp³-hybridized carbons (Fsp3) is 0.278. The van der Waals surface area contributed by atoms with Crippen molar-refractivity contribution < 1.29 is 32.2 Å². The van der Waals surface area contributed by atoms with E-state index in [1.165, 1.54) is 13.2 Å². The normalized spacial score (nSPS) is 14.4. The molecule has 26 heavy (non-hydrogen) atoms. The number of halogens is 3. The first-order chi connectivity index (χ1) is 12.1. The number of carbonyl (C=O) groups excluding carboxylic acids is 1. The van der Waals surface area contributed by atoms with Crippen molar-refractivity contribution in [1.29, 1.82) is 0 Å². The zero-order chi connectivity index (χ0) is 19.1. The van der Waals surface area contributed by atoms with Gasteiger partial charge in [-0.3, -0.25) is 4.79 Å². The van der Waals surface area contributed by atoms with Crippen LogP contribution in [0.4, 0.5) is 18.9 Å². The molecule has 0 spiro atoms. The average molecular weight is 367 g/mol. The smallest absolute Gasteiger partial charge is 0.417 e. The van der Waals surface area contributed by atoms with Gasteiger partial charge in [0.2, 0.25) is 5.91 Å². The van der Waals surface area contributed by atoms with Gasteiger partial charge in [0.05, 0.1) is 19.2 Å². The van der Waals surface area contributed by atoms with Crippen molar-refractivity contribution in [1.82, 2.24) is 0 Å². The van der Waals surface area contributed by atoms with Crippen LogP contribution < -0.4 is 10.1 Å². The van der Waals surface area contributed by atoms with Crippen LogP contribution in [-0.4, -0.2) is 29.9 Å². The lowest BCUT2D eigenvalue weighted by atomic mass is 10.0. The highest BCUT2D eigenvalue weighted by molar-refractivity contribution is 6.07. The summed E-state index contributed by atoms with van der Waals surface area (Å²) in [7, 11) is 1.38. The van der Waals surface area contributed by atoms with Crippen molar-refractivity contribution in [2.75, 3.05) is 12.4 Å². The fourth-order valence-corrected chi connectivity index (χ4v) is 2.63. The number of nitrogens with one attached hydrogen (secondary N) is 1. The lowest BCUT2D eigenvalue weighted by molar-refractivity contribution is -0.252. The Hall–Kier alpha value is -2.74. The van der Waals surface area contributed by atoms with E-state index < -0.39 is 24.1 Å². The summed E-state index contributed by atoms with van der Waals surface area (Å²) in [5.74, 6) is -0.731. The summed E-state index contributed by atoms with van der Waals surface area (Å²) in [6, 6.07) is 10.4. The summed E-state index contributed by atoms with van der Waals surface area (Å²) in [4.78, 5) is 12.0. The van der Waals surface area contributed by atoms with Gasteiger partial charge >= 0.3 is 6.18 Å². The minimum atomic E-state index is -4.92. The van der Waals surface area contributed by atoms with Crippen molar-refractivity contribution in [3.05, 3.63) is 36.4 Å². The van der Waals surface area contributed by atoms with Crippen LogP contribution in [0.1, 0.15) is 13.3 Å². The summed E-state index contributed by atoms with van der Waals surface area (Å²) < 4.78 is 49.1. The van der Waals surface area contributed by atoms with Gasteiger partial charge in [0.15, 0.2) is 5.60 Å². The van der Waals surface area contributed by atoms with E-state index in [0.29, 0.717) is 18.1 Å². The lowest BCUT2D eigenvalue weighted by Gasteiger charge is -2.25. The van der Waals surface area contributed by atoms with E-state index in [1.807, 2.05) is 18.2 Å². The average Bonchev–Trinajstić information content (AvgIpc) is 2.89. The van der Waals surface area contributed by atoms with Gasteiger partial charge in [0.1, 0.15) is 16.9 Å². The molecule has 0 radical (unpaired) electrons. The molecule has 0 aliphatic heterocycles. The van der Waals surface area contributed by atoms with Gasteiger partial charge in [0.25, 0.3) is 0 Å². The van der Waals surface area contributed by atoms with Gasteiger partial charge in [-0.05, 0) is 19.1 Å². The Labute approximate surface area is 146 Å². The number of para-hydroxylation sites is 1. The molecule has 1 heterocycles. The number of anilines is 1. The minimum Gasteiger partial charge on any atom is -0.495 e. The molecular formula is C18H16F3NO4. The van der Waals surface area contributed by atoms with Gasteiger partial charge < -0.3 is 19.6 Å². The molecule has 0 bridgehead atoms. The van der Waals surface area contributed by atoms with E-state index >= 15 is 0 Å². The van der Waals surface area contributed by atoms with E-state index in [2.05, 4.69) is 5.32 Å². The number of carbonyl (C=O) groups is 1. The number of ether oxygens (including phenoxy) is 1. The molecule has 1 aromatic heterocycles. The topological polar surface area (TPSA) is 71.7 Å². The van der Waals surface area contributed by atoms with Gasteiger partial charge in [-0.15, -0.1) is 0 Å².